The Morgan fingerprint density at radius 1 is 1.06 bits per heavy atom. The van der Waals surface area contributed by atoms with Gasteiger partial charge in [-0.05, 0) is 48.1 Å². The SMILES string of the molecule is Cc1cc2oc(-c3ccc(C(C)(C)C)cc3)c(OCc3cnn(C)c3)c(=O)c2cc1C. The predicted molar refractivity (Wildman–Crippen MR) is 124 cm³/mol. The van der Waals surface area contributed by atoms with E-state index < -0.39 is 0 Å². The number of hydrogen-bond donors (Lipinski definition) is 0. The minimum absolute atomic E-state index is 0.0387. The molecule has 4 aromatic rings. The third-order valence-corrected chi connectivity index (χ3v) is 5.62. The van der Waals surface area contributed by atoms with E-state index in [0.717, 1.165) is 22.3 Å². The number of fused-ring (bicyclic) bond motifs is 1. The van der Waals surface area contributed by atoms with Crippen molar-refractivity contribution in [3.05, 3.63) is 81.3 Å². The van der Waals surface area contributed by atoms with Gasteiger partial charge >= 0.3 is 0 Å². The van der Waals surface area contributed by atoms with Crippen molar-refractivity contribution in [2.75, 3.05) is 0 Å². The standard InChI is InChI=1S/C26H28N2O3/c1-16-11-21-22(12-17(16)2)31-24(19-7-9-20(10-8-19)26(3,4)5)25(23(21)29)30-15-18-13-27-28(6)14-18/h7-14H,15H2,1-6H3. The fourth-order valence-electron chi connectivity index (χ4n) is 3.58. The first-order chi connectivity index (χ1) is 14.6. The molecule has 0 radical (unpaired) electrons. The molecule has 0 bridgehead atoms. The van der Waals surface area contributed by atoms with Crippen LogP contribution in [0.3, 0.4) is 0 Å². The second-order valence-corrected chi connectivity index (χ2v) is 9.16. The highest BCUT2D eigenvalue weighted by Gasteiger charge is 2.20. The molecule has 4 rings (SSSR count). The van der Waals surface area contributed by atoms with E-state index in [4.69, 9.17) is 9.15 Å². The molecule has 0 fully saturated rings. The normalized spacial score (nSPS) is 11.8. The van der Waals surface area contributed by atoms with Crippen molar-refractivity contribution in [1.29, 1.82) is 0 Å². The summed E-state index contributed by atoms with van der Waals surface area (Å²) in [5.74, 6) is 0.674. The van der Waals surface area contributed by atoms with Gasteiger partial charge in [0, 0.05) is 24.4 Å². The fraction of sp³-hybridized carbons (Fsp3) is 0.308. The molecule has 160 valence electrons. The zero-order valence-corrected chi connectivity index (χ0v) is 18.9. The Bertz CT molecular complexity index is 1310. The van der Waals surface area contributed by atoms with E-state index in [0.29, 0.717) is 16.7 Å². The smallest absolute Gasteiger partial charge is 0.235 e. The largest absolute Gasteiger partial charge is 0.481 e. The monoisotopic (exact) mass is 416 g/mol. The number of rotatable bonds is 4. The molecule has 0 unspecified atom stereocenters. The van der Waals surface area contributed by atoms with Crippen LogP contribution in [-0.4, -0.2) is 9.78 Å². The van der Waals surface area contributed by atoms with Gasteiger partial charge < -0.3 is 9.15 Å². The summed E-state index contributed by atoms with van der Waals surface area (Å²) >= 11 is 0. The average molecular weight is 417 g/mol. The van der Waals surface area contributed by atoms with E-state index in [9.17, 15) is 4.79 Å². The van der Waals surface area contributed by atoms with Crippen LogP contribution >= 0.6 is 0 Å². The van der Waals surface area contributed by atoms with E-state index in [1.165, 1.54) is 5.56 Å². The van der Waals surface area contributed by atoms with Crippen molar-refractivity contribution in [2.45, 2.75) is 46.6 Å². The van der Waals surface area contributed by atoms with E-state index in [2.05, 4.69) is 38.0 Å². The first kappa shape index (κ1) is 20.9. The van der Waals surface area contributed by atoms with Crippen molar-refractivity contribution < 1.29 is 9.15 Å². The molecule has 2 aromatic heterocycles. The number of aromatic nitrogens is 2. The number of benzene rings is 2. The molecule has 0 aliphatic rings. The van der Waals surface area contributed by atoms with Gasteiger partial charge in [0.15, 0.2) is 5.76 Å². The van der Waals surface area contributed by atoms with Gasteiger partial charge in [0.05, 0.1) is 11.6 Å². The maximum atomic E-state index is 13.4. The lowest BCUT2D eigenvalue weighted by Gasteiger charge is -2.19. The first-order valence-corrected chi connectivity index (χ1v) is 10.4. The lowest BCUT2D eigenvalue weighted by molar-refractivity contribution is 0.297. The maximum Gasteiger partial charge on any atom is 0.235 e. The second-order valence-electron chi connectivity index (χ2n) is 9.16. The summed E-state index contributed by atoms with van der Waals surface area (Å²) in [5.41, 5.74) is 5.47. The molecule has 0 amide bonds. The summed E-state index contributed by atoms with van der Waals surface area (Å²) in [6.45, 7) is 10.8. The highest BCUT2D eigenvalue weighted by Crippen LogP contribution is 2.33. The van der Waals surface area contributed by atoms with E-state index in [1.807, 2.05) is 51.4 Å². The van der Waals surface area contributed by atoms with E-state index in [-0.39, 0.29) is 23.2 Å². The van der Waals surface area contributed by atoms with Crippen LogP contribution in [0, 0.1) is 13.8 Å². The van der Waals surface area contributed by atoms with Crippen LogP contribution in [-0.2, 0) is 19.1 Å². The molecular weight excluding hydrogens is 388 g/mol. The average Bonchev–Trinajstić information content (AvgIpc) is 3.13. The van der Waals surface area contributed by atoms with Crippen molar-refractivity contribution in [3.63, 3.8) is 0 Å². The van der Waals surface area contributed by atoms with Crippen LogP contribution in [0.2, 0.25) is 0 Å². The van der Waals surface area contributed by atoms with Crippen LogP contribution < -0.4 is 10.2 Å². The van der Waals surface area contributed by atoms with Crippen LogP contribution in [0.15, 0.2) is 58.0 Å². The van der Waals surface area contributed by atoms with Crippen molar-refractivity contribution in [1.82, 2.24) is 9.78 Å². The Morgan fingerprint density at radius 3 is 2.35 bits per heavy atom. The fourth-order valence-corrected chi connectivity index (χ4v) is 3.58. The summed E-state index contributed by atoms with van der Waals surface area (Å²) in [7, 11) is 1.85. The number of hydrogen-bond acceptors (Lipinski definition) is 4. The maximum absolute atomic E-state index is 13.4. The number of aryl methyl sites for hydroxylation is 3. The molecule has 5 nitrogen and oxygen atoms in total. The van der Waals surface area contributed by atoms with Crippen LogP contribution in [0.4, 0.5) is 0 Å². The highest BCUT2D eigenvalue weighted by molar-refractivity contribution is 5.83. The third kappa shape index (κ3) is 4.13. The van der Waals surface area contributed by atoms with Gasteiger partial charge in [-0.3, -0.25) is 9.48 Å². The molecule has 2 aromatic carbocycles. The highest BCUT2D eigenvalue weighted by atomic mass is 16.5. The molecule has 31 heavy (non-hydrogen) atoms. The quantitative estimate of drug-likeness (QED) is 0.429. The molecule has 2 heterocycles. The van der Waals surface area contributed by atoms with Crippen molar-refractivity contribution >= 4 is 11.0 Å². The Hall–Kier alpha value is -3.34. The van der Waals surface area contributed by atoms with Gasteiger partial charge in [-0.2, -0.15) is 5.10 Å². The lowest BCUT2D eigenvalue weighted by Crippen LogP contribution is -2.12. The van der Waals surface area contributed by atoms with E-state index >= 15 is 0 Å². The van der Waals surface area contributed by atoms with Gasteiger partial charge in [0.25, 0.3) is 0 Å². The molecule has 0 spiro atoms. The third-order valence-electron chi connectivity index (χ3n) is 5.62. The van der Waals surface area contributed by atoms with Crippen LogP contribution in [0.5, 0.6) is 5.75 Å². The summed E-state index contributed by atoms with van der Waals surface area (Å²) < 4.78 is 14.0. The topological polar surface area (TPSA) is 57.3 Å². The molecule has 0 aliphatic carbocycles. The Balaban J connectivity index is 1.86. The van der Waals surface area contributed by atoms with Crippen molar-refractivity contribution in [2.24, 2.45) is 7.05 Å². The minimum atomic E-state index is -0.164. The zero-order chi connectivity index (χ0) is 22.3. The van der Waals surface area contributed by atoms with E-state index in [1.54, 1.807) is 10.9 Å². The van der Waals surface area contributed by atoms with Gasteiger partial charge in [-0.1, -0.05) is 45.0 Å². The number of nitrogens with zero attached hydrogens (tertiary/aromatic N) is 2. The zero-order valence-electron chi connectivity index (χ0n) is 18.9. The second kappa shape index (κ2) is 7.73. The summed E-state index contributed by atoms with van der Waals surface area (Å²) in [5, 5.41) is 4.70. The Kier molecular flexibility index (Phi) is 5.21. The molecule has 0 atom stereocenters. The molecule has 0 saturated heterocycles. The van der Waals surface area contributed by atoms with Crippen LogP contribution in [0.25, 0.3) is 22.3 Å². The molecular formula is C26H28N2O3. The lowest BCUT2D eigenvalue weighted by atomic mass is 9.86. The van der Waals surface area contributed by atoms with Crippen molar-refractivity contribution in [3.8, 4) is 17.1 Å². The molecule has 0 aliphatic heterocycles. The van der Waals surface area contributed by atoms with Gasteiger partial charge in [0.2, 0.25) is 11.2 Å². The summed E-state index contributed by atoms with van der Waals surface area (Å²) in [6, 6.07) is 11.9. The Labute approximate surface area is 182 Å². The Morgan fingerprint density at radius 2 is 1.74 bits per heavy atom. The van der Waals surface area contributed by atoms with Gasteiger partial charge in [-0.15, -0.1) is 0 Å². The first-order valence-electron chi connectivity index (χ1n) is 10.4. The number of ether oxygens (including phenoxy) is 1. The molecule has 0 N–H and O–H groups in total. The predicted octanol–water partition coefficient (Wildman–Crippen LogP) is 5.69. The van der Waals surface area contributed by atoms with Crippen LogP contribution in [0.1, 0.15) is 43.0 Å². The van der Waals surface area contributed by atoms with Gasteiger partial charge in [-0.25, -0.2) is 0 Å². The molecule has 5 heteroatoms. The van der Waals surface area contributed by atoms with Gasteiger partial charge in [0.1, 0.15) is 12.2 Å². The summed E-state index contributed by atoms with van der Waals surface area (Å²) in [6.07, 6.45) is 3.60. The minimum Gasteiger partial charge on any atom is -0.481 e. The molecule has 0 saturated carbocycles. The summed E-state index contributed by atoms with van der Waals surface area (Å²) in [4.78, 5) is 13.4.